The monoisotopic (exact) mass is 324 g/mol. The van der Waals surface area contributed by atoms with E-state index in [0.717, 1.165) is 18.7 Å². The Hall–Kier alpha value is -1.39. The van der Waals surface area contributed by atoms with E-state index in [-0.39, 0.29) is 10.6 Å². The zero-order valence-electron chi connectivity index (χ0n) is 12.6. The van der Waals surface area contributed by atoms with Crippen LogP contribution in [0.15, 0.2) is 12.1 Å². The fraction of sp³-hybridized carbons (Fsp3) is 0.400. The van der Waals surface area contributed by atoms with Gasteiger partial charge in [-0.3, -0.25) is 0 Å². The number of aromatic nitrogens is 3. The molecule has 2 rings (SSSR count). The zero-order valence-corrected chi connectivity index (χ0v) is 14.1. The lowest BCUT2D eigenvalue weighted by Crippen LogP contribution is -2.23. The molecule has 0 aliphatic carbocycles. The molecule has 6 heteroatoms. The summed E-state index contributed by atoms with van der Waals surface area (Å²) in [5, 5.41) is 0.209. The van der Waals surface area contributed by atoms with Crippen molar-refractivity contribution >= 4 is 28.9 Å². The Morgan fingerprint density at radius 1 is 0.905 bits per heavy atom. The first kappa shape index (κ1) is 16.0. The van der Waals surface area contributed by atoms with Crippen LogP contribution < -0.4 is 4.90 Å². The lowest BCUT2D eigenvalue weighted by Gasteiger charge is -2.25. The second-order valence-electron chi connectivity index (χ2n) is 4.83. The minimum Gasteiger partial charge on any atom is -0.372 e. The van der Waals surface area contributed by atoms with E-state index < -0.39 is 0 Å². The molecule has 1 aromatic carbocycles. The minimum atomic E-state index is 0.105. The van der Waals surface area contributed by atoms with Gasteiger partial charge in [0.05, 0.1) is 0 Å². The third-order valence-electron chi connectivity index (χ3n) is 3.41. The van der Waals surface area contributed by atoms with Gasteiger partial charge in [0.25, 0.3) is 0 Å². The van der Waals surface area contributed by atoms with Gasteiger partial charge in [-0.2, -0.15) is 15.0 Å². The van der Waals surface area contributed by atoms with Crippen molar-refractivity contribution in [3.8, 4) is 11.4 Å². The summed E-state index contributed by atoms with van der Waals surface area (Å²) in [6.45, 7) is 10.4. The van der Waals surface area contributed by atoms with Crippen LogP contribution in [0.3, 0.4) is 0 Å². The molecule has 1 aromatic heterocycles. The summed E-state index contributed by atoms with van der Waals surface area (Å²) >= 11 is 11.7. The van der Waals surface area contributed by atoms with Gasteiger partial charge in [-0.15, -0.1) is 0 Å². The van der Waals surface area contributed by atoms with Gasteiger partial charge in [0.15, 0.2) is 5.82 Å². The molecule has 112 valence electrons. The summed E-state index contributed by atoms with van der Waals surface area (Å²) in [5.41, 5.74) is 4.52. The summed E-state index contributed by atoms with van der Waals surface area (Å²) in [7, 11) is 0. The van der Waals surface area contributed by atoms with Gasteiger partial charge in [0.1, 0.15) is 0 Å². The minimum absolute atomic E-state index is 0.105. The Balaban J connectivity index is 2.53. The third kappa shape index (κ3) is 3.44. The van der Waals surface area contributed by atoms with Crippen molar-refractivity contribution in [1.82, 2.24) is 15.0 Å². The van der Waals surface area contributed by atoms with Crippen LogP contribution in [0.1, 0.15) is 25.0 Å². The van der Waals surface area contributed by atoms with E-state index in [1.807, 2.05) is 0 Å². The van der Waals surface area contributed by atoms with Crippen LogP contribution in [0.2, 0.25) is 10.6 Å². The number of hydrogen-bond acceptors (Lipinski definition) is 4. The van der Waals surface area contributed by atoms with Gasteiger partial charge in [0.2, 0.25) is 10.6 Å². The highest BCUT2D eigenvalue weighted by atomic mass is 35.5. The third-order valence-corrected chi connectivity index (χ3v) is 3.75. The Bertz CT molecular complexity index is 611. The fourth-order valence-corrected chi connectivity index (χ4v) is 2.94. The molecule has 0 bridgehead atoms. The maximum absolute atomic E-state index is 5.85. The summed E-state index contributed by atoms with van der Waals surface area (Å²) in [5.74, 6) is 0.497. The van der Waals surface area contributed by atoms with Gasteiger partial charge in [-0.05, 0) is 74.2 Å². The lowest BCUT2D eigenvalue weighted by molar-refractivity contribution is 0.857. The summed E-state index contributed by atoms with van der Waals surface area (Å²) < 4.78 is 0. The largest absolute Gasteiger partial charge is 0.372 e. The predicted molar refractivity (Wildman–Crippen MR) is 88.3 cm³/mol. The van der Waals surface area contributed by atoms with E-state index in [0.29, 0.717) is 5.82 Å². The van der Waals surface area contributed by atoms with Gasteiger partial charge in [0, 0.05) is 24.3 Å². The first-order chi connectivity index (χ1) is 9.96. The highest BCUT2D eigenvalue weighted by molar-refractivity contribution is 6.31. The van der Waals surface area contributed by atoms with Gasteiger partial charge >= 0.3 is 0 Å². The maximum atomic E-state index is 5.85. The van der Waals surface area contributed by atoms with Crippen molar-refractivity contribution in [3.05, 3.63) is 33.8 Å². The number of halogens is 2. The molecule has 0 unspecified atom stereocenters. The molecule has 0 aliphatic heterocycles. The molecule has 0 fully saturated rings. The Kier molecular flexibility index (Phi) is 5.01. The molecule has 0 amide bonds. The molecule has 0 atom stereocenters. The Labute approximate surface area is 135 Å². The van der Waals surface area contributed by atoms with Crippen LogP contribution in [-0.4, -0.2) is 28.0 Å². The predicted octanol–water partition coefficient (Wildman–Crippen LogP) is 4.31. The molecule has 2 aromatic rings. The smallest absolute Gasteiger partial charge is 0.227 e. The normalized spacial score (nSPS) is 10.8. The molecule has 0 radical (unpaired) electrons. The second-order valence-corrected chi connectivity index (χ2v) is 5.50. The van der Waals surface area contributed by atoms with E-state index in [1.165, 1.54) is 16.8 Å². The molecule has 4 nitrogen and oxygen atoms in total. The molecular weight excluding hydrogens is 307 g/mol. The van der Waals surface area contributed by atoms with E-state index in [4.69, 9.17) is 23.2 Å². The van der Waals surface area contributed by atoms with Crippen molar-refractivity contribution in [2.75, 3.05) is 18.0 Å². The number of benzene rings is 1. The topological polar surface area (TPSA) is 41.9 Å². The highest BCUT2D eigenvalue weighted by Gasteiger charge is 2.13. The maximum Gasteiger partial charge on any atom is 0.227 e. The van der Waals surface area contributed by atoms with Crippen LogP contribution in [0.5, 0.6) is 0 Å². The molecule has 0 saturated carbocycles. The highest BCUT2D eigenvalue weighted by Crippen LogP contribution is 2.30. The summed E-state index contributed by atoms with van der Waals surface area (Å²) in [6.07, 6.45) is 0. The van der Waals surface area contributed by atoms with Crippen molar-refractivity contribution in [3.63, 3.8) is 0 Å². The van der Waals surface area contributed by atoms with Crippen molar-refractivity contribution < 1.29 is 0 Å². The molecular formula is C15H18Cl2N4. The van der Waals surface area contributed by atoms with E-state index in [2.05, 4.69) is 59.7 Å². The van der Waals surface area contributed by atoms with Gasteiger partial charge in [-0.1, -0.05) is 0 Å². The Morgan fingerprint density at radius 3 is 1.81 bits per heavy atom. The number of nitrogens with zero attached hydrogens (tertiary/aromatic N) is 4. The van der Waals surface area contributed by atoms with Crippen molar-refractivity contribution in [1.29, 1.82) is 0 Å². The number of hydrogen-bond donors (Lipinski definition) is 0. The lowest BCUT2D eigenvalue weighted by atomic mass is 10.0. The summed E-state index contributed by atoms with van der Waals surface area (Å²) in [4.78, 5) is 14.4. The quantitative estimate of drug-likeness (QED) is 0.840. The number of anilines is 1. The van der Waals surface area contributed by atoms with Crippen molar-refractivity contribution in [2.24, 2.45) is 0 Å². The van der Waals surface area contributed by atoms with Crippen LogP contribution in [-0.2, 0) is 0 Å². The number of rotatable bonds is 4. The molecule has 0 saturated heterocycles. The van der Waals surface area contributed by atoms with Crippen LogP contribution in [0.4, 0.5) is 5.69 Å². The SMILES string of the molecule is CCN(CC)c1c(C)cc(-c2nc(Cl)nc(Cl)n2)cc1C. The molecule has 1 heterocycles. The summed E-state index contributed by atoms with van der Waals surface area (Å²) in [6, 6.07) is 4.12. The molecule has 21 heavy (non-hydrogen) atoms. The van der Waals surface area contributed by atoms with Crippen LogP contribution in [0.25, 0.3) is 11.4 Å². The molecule has 0 spiro atoms. The van der Waals surface area contributed by atoms with Crippen LogP contribution in [0, 0.1) is 13.8 Å². The van der Waals surface area contributed by atoms with E-state index in [9.17, 15) is 0 Å². The van der Waals surface area contributed by atoms with Crippen molar-refractivity contribution in [2.45, 2.75) is 27.7 Å². The zero-order chi connectivity index (χ0) is 15.6. The second kappa shape index (κ2) is 6.58. The standard InChI is InChI=1S/C15H18Cl2N4/c1-5-21(6-2)12-9(3)7-11(8-10(12)4)13-18-14(16)20-15(17)19-13/h7-8H,5-6H2,1-4H3. The molecule has 0 aliphatic rings. The van der Waals surface area contributed by atoms with Gasteiger partial charge in [-0.25, -0.2) is 0 Å². The first-order valence-electron chi connectivity index (χ1n) is 6.89. The van der Waals surface area contributed by atoms with Gasteiger partial charge < -0.3 is 4.90 Å². The first-order valence-corrected chi connectivity index (χ1v) is 7.65. The average Bonchev–Trinajstić information content (AvgIpc) is 2.41. The number of aryl methyl sites for hydroxylation is 2. The average molecular weight is 325 g/mol. The Morgan fingerprint density at radius 2 is 1.38 bits per heavy atom. The van der Waals surface area contributed by atoms with E-state index in [1.54, 1.807) is 0 Å². The molecule has 0 N–H and O–H groups in total. The fourth-order valence-electron chi connectivity index (χ4n) is 2.58. The van der Waals surface area contributed by atoms with E-state index >= 15 is 0 Å². The van der Waals surface area contributed by atoms with Crippen LogP contribution >= 0.6 is 23.2 Å².